The van der Waals surface area contributed by atoms with Gasteiger partial charge in [-0.3, -0.25) is 19.3 Å². The van der Waals surface area contributed by atoms with E-state index in [1.807, 2.05) is 0 Å². The number of hydrogen-bond acceptors (Lipinski definition) is 15. The van der Waals surface area contributed by atoms with Crippen LogP contribution in [0.5, 0.6) is 0 Å². The summed E-state index contributed by atoms with van der Waals surface area (Å²) in [5.41, 5.74) is 0.995. The van der Waals surface area contributed by atoms with E-state index in [2.05, 4.69) is 20.2 Å². The van der Waals surface area contributed by atoms with E-state index in [0.29, 0.717) is 9.21 Å². The number of ether oxygens (including phenoxy) is 1. The molecule has 0 spiro atoms. The Kier molecular flexibility index (Phi) is 8.49. The van der Waals surface area contributed by atoms with Crippen LogP contribution >= 0.6 is 23.3 Å². The molecule has 6 amide bonds. The van der Waals surface area contributed by atoms with Crippen LogP contribution in [0.3, 0.4) is 0 Å². The lowest BCUT2D eigenvalue weighted by Gasteiger charge is -2.50. The van der Waals surface area contributed by atoms with E-state index in [4.69, 9.17) is 4.74 Å². The lowest BCUT2D eigenvalue weighted by atomic mass is 10.0. The van der Waals surface area contributed by atoms with Gasteiger partial charge < -0.3 is 25.7 Å². The number of nitrogens with zero attached hydrogens (tertiary/aromatic N) is 5. The highest BCUT2D eigenvalue weighted by atomic mass is 32.2. The number of amides is 6. The van der Waals surface area contributed by atoms with Crippen LogP contribution in [0.1, 0.15) is 18.7 Å². The van der Waals surface area contributed by atoms with Gasteiger partial charge >= 0.3 is 24.0 Å². The summed E-state index contributed by atoms with van der Waals surface area (Å²) < 4.78 is 32.6. The number of β-lactam (4-membered cyclic amide) rings is 1. The molecule has 4 heterocycles. The number of hydroxylamine groups is 1. The SMILES string of the molecule is CC(=O)OC(NO)C1=C(C(=O)O)N2C(=O)[C@H](NC(=O)C(NC(=O)N3CCN(S(C)(=O)=O)C3=O)c3csnn3)[C@H]2SC1. The Balaban J connectivity index is 1.51. The number of carbonyl (C=O) groups excluding carboxylic acids is 5. The molecule has 0 aromatic carbocycles. The van der Waals surface area contributed by atoms with Crippen LogP contribution in [0, 0.1) is 0 Å². The summed E-state index contributed by atoms with van der Waals surface area (Å²) in [4.78, 5) is 76.4. The molecule has 0 radical (unpaired) electrons. The lowest BCUT2D eigenvalue weighted by molar-refractivity contribution is -0.154. The smallest absolute Gasteiger partial charge is 0.352 e. The molecule has 222 valence electrons. The molecule has 0 bridgehead atoms. The quantitative estimate of drug-likeness (QED) is 0.0820. The molecule has 3 aliphatic heterocycles. The van der Waals surface area contributed by atoms with Gasteiger partial charge in [-0.15, -0.1) is 16.9 Å². The summed E-state index contributed by atoms with van der Waals surface area (Å²) in [5, 5.41) is 28.1. The molecule has 2 saturated heterocycles. The first kappa shape index (κ1) is 30.1. The van der Waals surface area contributed by atoms with Gasteiger partial charge in [0.25, 0.3) is 5.91 Å². The van der Waals surface area contributed by atoms with Crippen molar-refractivity contribution in [1.82, 2.24) is 39.8 Å². The number of carboxylic acids is 1. The maximum absolute atomic E-state index is 13.3. The predicted octanol–water partition coefficient (Wildman–Crippen LogP) is -2.41. The van der Waals surface area contributed by atoms with Crippen molar-refractivity contribution in [2.75, 3.05) is 25.1 Å². The number of aromatic nitrogens is 2. The molecule has 4 atom stereocenters. The minimum atomic E-state index is -3.93. The summed E-state index contributed by atoms with van der Waals surface area (Å²) >= 11 is 1.86. The minimum Gasteiger partial charge on any atom is -0.477 e. The average Bonchev–Trinajstić information content (AvgIpc) is 3.57. The highest BCUT2D eigenvalue weighted by Gasteiger charge is 2.55. The number of carbonyl (C=O) groups is 6. The number of nitrogens with one attached hydrogen (secondary N) is 3. The van der Waals surface area contributed by atoms with Crippen LogP contribution in [-0.4, -0.2) is 121 Å². The number of imide groups is 1. The molecule has 0 saturated carbocycles. The van der Waals surface area contributed by atoms with Crippen LogP contribution in [-0.2, 0) is 33.9 Å². The number of rotatable bonds is 9. The average molecular weight is 635 g/mol. The monoisotopic (exact) mass is 634 g/mol. The molecule has 19 nitrogen and oxygen atoms in total. The second-order valence-electron chi connectivity index (χ2n) is 8.68. The van der Waals surface area contributed by atoms with E-state index in [-0.39, 0.29) is 30.1 Å². The Morgan fingerprint density at radius 3 is 2.46 bits per heavy atom. The lowest BCUT2D eigenvalue weighted by Crippen LogP contribution is -2.71. The van der Waals surface area contributed by atoms with Crippen molar-refractivity contribution >= 4 is 69.1 Å². The van der Waals surface area contributed by atoms with Crippen LogP contribution < -0.4 is 16.1 Å². The molecule has 3 aliphatic rings. The van der Waals surface area contributed by atoms with Crippen molar-refractivity contribution in [2.45, 2.75) is 30.6 Å². The van der Waals surface area contributed by atoms with Gasteiger partial charge in [-0.1, -0.05) is 4.49 Å². The van der Waals surface area contributed by atoms with Gasteiger partial charge in [0.05, 0.1) is 19.3 Å². The molecule has 5 N–H and O–H groups in total. The van der Waals surface area contributed by atoms with Crippen LogP contribution in [0.15, 0.2) is 16.7 Å². The Bertz CT molecular complexity index is 1430. The first-order valence-corrected chi connectivity index (χ1v) is 15.1. The van der Waals surface area contributed by atoms with Gasteiger partial charge in [0.1, 0.15) is 22.8 Å². The molecule has 0 aliphatic carbocycles. The van der Waals surface area contributed by atoms with Crippen LogP contribution in [0.25, 0.3) is 0 Å². The molecule has 2 unspecified atom stereocenters. The summed E-state index contributed by atoms with van der Waals surface area (Å²) in [6, 6.07) is -5.03. The first-order valence-electron chi connectivity index (χ1n) is 11.4. The molecule has 22 heteroatoms. The second-order valence-corrected chi connectivity index (χ2v) is 12.3. The highest BCUT2D eigenvalue weighted by Crippen LogP contribution is 2.41. The van der Waals surface area contributed by atoms with Crippen molar-refractivity contribution in [2.24, 2.45) is 0 Å². The van der Waals surface area contributed by atoms with Gasteiger partial charge in [-0.2, -0.15) is 5.48 Å². The highest BCUT2D eigenvalue weighted by molar-refractivity contribution is 8.00. The Morgan fingerprint density at radius 2 is 1.93 bits per heavy atom. The fraction of sp³-hybridized carbons (Fsp3) is 0.474. The summed E-state index contributed by atoms with van der Waals surface area (Å²) in [7, 11) is -3.93. The Labute approximate surface area is 239 Å². The minimum absolute atomic E-state index is 0.0426. The fourth-order valence-electron chi connectivity index (χ4n) is 4.21. The molecular weight excluding hydrogens is 612 g/mol. The van der Waals surface area contributed by atoms with Crippen LogP contribution in [0.2, 0.25) is 0 Å². The van der Waals surface area contributed by atoms with Crippen LogP contribution in [0.4, 0.5) is 9.59 Å². The number of carboxylic acid groups (broad SMARTS) is 1. The van der Waals surface area contributed by atoms with E-state index < -0.39 is 75.2 Å². The van der Waals surface area contributed by atoms with Crippen molar-refractivity contribution in [1.29, 1.82) is 0 Å². The first-order chi connectivity index (χ1) is 19.3. The number of fused-ring (bicyclic) bond motifs is 1. The van der Waals surface area contributed by atoms with E-state index in [9.17, 15) is 47.5 Å². The topological polar surface area (TPSA) is 258 Å². The van der Waals surface area contributed by atoms with E-state index in [1.54, 1.807) is 5.48 Å². The zero-order valence-electron chi connectivity index (χ0n) is 21.0. The summed E-state index contributed by atoms with van der Waals surface area (Å²) in [6.45, 7) is 0.482. The number of hydrogen-bond donors (Lipinski definition) is 5. The summed E-state index contributed by atoms with van der Waals surface area (Å²) in [6.07, 6.45) is -0.742. The van der Waals surface area contributed by atoms with Crippen molar-refractivity contribution in [3.63, 3.8) is 0 Å². The standard InChI is InChI=1S/C19H22N8O11S3/c1-7(28)38-14(23-35)8-5-39-16-11(15(30)27(16)12(8)17(31)32)20-13(29)10(9-6-40-24-22-9)21-18(33)25-3-4-26(19(25)34)41(2,36)37/h6,10-11,14,16,23,35H,3-5H2,1-2H3,(H,20,29)(H,21,33)(H,31,32)/t10?,11-,14?,16+/m0/s1. The molecule has 4 rings (SSSR count). The molecule has 1 aromatic rings. The fourth-order valence-corrected chi connectivity index (χ4v) is 6.86. The van der Waals surface area contributed by atoms with E-state index >= 15 is 0 Å². The number of thioether (sulfide) groups is 1. The maximum atomic E-state index is 13.3. The van der Waals surface area contributed by atoms with Gasteiger partial charge in [0.2, 0.25) is 15.9 Å². The third kappa shape index (κ3) is 5.81. The second kappa shape index (κ2) is 11.6. The van der Waals surface area contributed by atoms with E-state index in [0.717, 1.165) is 41.4 Å². The zero-order chi connectivity index (χ0) is 30.2. The Morgan fingerprint density at radius 1 is 1.22 bits per heavy atom. The predicted molar refractivity (Wildman–Crippen MR) is 135 cm³/mol. The molecule has 41 heavy (non-hydrogen) atoms. The maximum Gasteiger partial charge on any atom is 0.352 e. The van der Waals surface area contributed by atoms with Gasteiger partial charge in [0.15, 0.2) is 12.3 Å². The molecule has 1 aromatic heterocycles. The normalized spacial score (nSPS) is 22.1. The third-order valence-electron chi connectivity index (χ3n) is 6.03. The third-order valence-corrected chi connectivity index (χ3v) is 9.00. The number of urea groups is 2. The largest absolute Gasteiger partial charge is 0.477 e. The van der Waals surface area contributed by atoms with Crippen molar-refractivity contribution < 1.29 is 52.2 Å². The number of aliphatic carboxylic acids is 1. The zero-order valence-corrected chi connectivity index (χ0v) is 23.5. The van der Waals surface area contributed by atoms with Crippen molar-refractivity contribution in [3.8, 4) is 0 Å². The number of esters is 1. The number of sulfonamides is 1. The Hall–Kier alpha value is -3.86. The molecular formula is C19H22N8O11S3. The van der Waals surface area contributed by atoms with Crippen molar-refractivity contribution in [3.05, 3.63) is 22.3 Å². The van der Waals surface area contributed by atoms with Gasteiger partial charge in [-0.25, -0.2) is 32.0 Å². The molecule has 2 fully saturated rings. The van der Waals surface area contributed by atoms with Gasteiger partial charge in [0, 0.05) is 23.6 Å². The van der Waals surface area contributed by atoms with E-state index in [1.165, 1.54) is 5.38 Å². The summed E-state index contributed by atoms with van der Waals surface area (Å²) in [5.74, 6) is -4.28. The van der Waals surface area contributed by atoms with Gasteiger partial charge in [-0.05, 0) is 11.5 Å².